The molecule has 4 nitrogen and oxygen atoms in total. The predicted octanol–water partition coefficient (Wildman–Crippen LogP) is 3.17. The SMILES string of the molecule is Cc1cccc2c(CCC(=O)N3CCCC3C(C)(C)O)c[nH]c12. The molecule has 1 atom stereocenters. The van der Waals surface area contributed by atoms with E-state index < -0.39 is 5.60 Å². The molecule has 0 radical (unpaired) electrons. The summed E-state index contributed by atoms with van der Waals surface area (Å²) in [7, 11) is 0. The highest BCUT2D eigenvalue weighted by Gasteiger charge is 2.38. The molecule has 1 fully saturated rings. The summed E-state index contributed by atoms with van der Waals surface area (Å²) in [4.78, 5) is 17.8. The van der Waals surface area contributed by atoms with Crippen LogP contribution in [-0.4, -0.2) is 39.1 Å². The average molecular weight is 314 g/mol. The summed E-state index contributed by atoms with van der Waals surface area (Å²) in [6, 6.07) is 6.20. The molecule has 23 heavy (non-hydrogen) atoms. The first-order valence-electron chi connectivity index (χ1n) is 8.45. The smallest absolute Gasteiger partial charge is 0.223 e. The molecule has 2 aromatic rings. The highest BCUT2D eigenvalue weighted by Crippen LogP contribution is 2.28. The van der Waals surface area contributed by atoms with Crippen LogP contribution in [0.15, 0.2) is 24.4 Å². The molecule has 2 heterocycles. The van der Waals surface area contributed by atoms with E-state index in [-0.39, 0.29) is 11.9 Å². The molecule has 0 spiro atoms. The standard InChI is InChI=1S/C19H26N2O2/c1-13-6-4-7-15-14(12-20-18(13)15)9-10-17(22)21-11-5-8-16(21)19(2,3)23/h4,6-7,12,16,20,23H,5,8-11H2,1-3H3. The van der Waals surface area contributed by atoms with Crippen LogP contribution in [0.5, 0.6) is 0 Å². The Balaban J connectivity index is 1.70. The van der Waals surface area contributed by atoms with E-state index >= 15 is 0 Å². The minimum Gasteiger partial charge on any atom is -0.388 e. The van der Waals surface area contributed by atoms with Gasteiger partial charge in [-0.1, -0.05) is 18.2 Å². The number of aromatic nitrogens is 1. The fraction of sp³-hybridized carbons (Fsp3) is 0.526. The van der Waals surface area contributed by atoms with Gasteiger partial charge in [0.15, 0.2) is 0 Å². The van der Waals surface area contributed by atoms with Gasteiger partial charge in [0.2, 0.25) is 5.91 Å². The van der Waals surface area contributed by atoms with Gasteiger partial charge in [-0.15, -0.1) is 0 Å². The van der Waals surface area contributed by atoms with E-state index in [1.54, 1.807) is 13.8 Å². The lowest BCUT2D eigenvalue weighted by atomic mass is 9.96. The molecule has 1 amide bonds. The number of aromatic amines is 1. The molecule has 1 saturated heterocycles. The number of benzene rings is 1. The van der Waals surface area contributed by atoms with Crippen molar-refractivity contribution in [2.24, 2.45) is 0 Å². The second-order valence-electron chi connectivity index (χ2n) is 7.21. The van der Waals surface area contributed by atoms with Crippen molar-refractivity contribution < 1.29 is 9.90 Å². The van der Waals surface area contributed by atoms with Crippen molar-refractivity contribution in [2.75, 3.05) is 6.54 Å². The molecule has 2 N–H and O–H groups in total. The Morgan fingerprint density at radius 1 is 1.43 bits per heavy atom. The maximum absolute atomic E-state index is 12.6. The van der Waals surface area contributed by atoms with Crippen LogP contribution in [0.4, 0.5) is 0 Å². The third-order valence-electron chi connectivity index (χ3n) is 5.01. The summed E-state index contributed by atoms with van der Waals surface area (Å²) in [5.74, 6) is 0.150. The van der Waals surface area contributed by atoms with Gasteiger partial charge in [0.25, 0.3) is 0 Å². The molecule has 0 saturated carbocycles. The number of hydrogen-bond acceptors (Lipinski definition) is 2. The minimum absolute atomic E-state index is 0.0554. The Morgan fingerprint density at radius 3 is 2.96 bits per heavy atom. The van der Waals surface area contributed by atoms with Crippen LogP contribution in [0.25, 0.3) is 10.9 Å². The number of likely N-dealkylation sites (tertiary alicyclic amines) is 1. The fourth-order valence-corrected chi connectivity index (χ4v) is 3.76. The van der Waals surface area contributed by atoms with Crippen molar-refractivity contribution in [3.8, 4) is 0 Å². The van der Waals surface area contributed by atoms with E-state index in [0.29, 0.717) is 6.42 Å². The number of nitrogens with one attached hydrogen (secondary N) is 1. The Kier molecular flexibility index (Phi) is 4.19. The average Bonchev–Trinajstić information content (AvgIpc) is 3.12. The van der Waals surface area contributed by atoms with Crippen LogP contribution < -0.4 is 0 Å². The van der Waals surface area contributed by atoms with Crippen molar-refractivity contribution in [3.63, 3.8) is 0 Å². The highest BCUT2D eigenvalue weighted by atomic mass is 16.3. The van der Waals surface area contributed by atoms with Crippen LogP contribution in [0.1, 0.15) is 44.2 Å². The quantitative estimate of drug-likeness (QED) is 0.910. The van der Waals surface area contributed by atoms with Gasteiger partial charge < -0.3 is 15.0 Å². The molecule has 0 bridgehead atoms. The summed E-state index contributed by atoms with van der Waals surface area (Å²) in [5, 5.41) is 11.5. The summed E-state index contributed by atoms with van der Waals surface area (Å²) in [5.41, 5.74) is 2.74. The third-order valence-corrected chi connectivity index (χ3v) is 5.01. The first-order valence-corrected chi connectivity index (χ1v) is 8.45. The first kappa shape index (κ1) is 16.1. The van der Waals surface area contributed by atoms with E-state index in [4.69, 9.17) is 0 Å². The predicted molar refractivity (Wildman–Crippen MR) is 92.4 cm³/mol. The van der Waals surface area contributed by atoms with E-state index in [9.17, 15) is 9.90 Å². The maximum Gasteiger partial charge on any atom is 0.223 e. The number of aryl methyl sites for hydroxylation is 2. The number of para-hydroxylation sites is 1. The number of hydrogen-bond donors (Lipinski definition) is 2. The van der Waals surface area contributed by atoms with Crippen LogP contribution in [0.2, 0.25) is 0 Å². The first-order chi connectivity index (χ1) is 10.9. The van der Waals surface area contributed by atoms with E-state index in [1.165, 1.54) is 16.5 Å². The molecular formula is C19H26N2O2. The number of fused-ring (bicyclic) bond motifs is 1. The van der Waals surface area contributed by atoms with Gasteiger partial charge in [-0.25, -0.2) is 0 Å². The Bertz CT molecular complexity index is 712. The van der Waals surface area contributed by atoms with Crippen molar-refractivity contribution in [1.29, 1.82) is 0 Å². The number of amides is 1. The molecule has 1 aliphatic rings. The number of nitrogens with zero attached hydrogens (tertiary/aromatic N) is 1. The van der Waals surface area contributed by atoms with Gasteiger partial charge in [0.05, 0.1) is 11.6 Å². The van der Waals surface area contributed by atoms with Gasteiger partial charge in [-0.05, 0) is 51.2 Å². The monoisotopic (exact) mass is 314 g/mol. The van der Waals surface area contributed by atoms with Crippen molar-refractivity contribution in [1.82, 2.24) is 9.88 Å². The molecule has 0 aliphatic carbocycles. The Labute approximate surface area is 137 Å². The van der Waals surface area contributed by atoms with Gasteiger partial charge in [-0.2, -0.15) is 0 Å². The van der Waals surface area contributed by atoms with Crippen LogP contribution in [0.3, 0.4) is 0 Å². The van der Waals surface area contributed by atoms with E-state index in [2.05, 4.69) is 30.1 Å². The molecule has 1 aliphatic heterocycles. The lowest BCUT2D eigenvalue weighted by Gasteiger charge is -2.33. The normalized spacial score (nSPS) is 18.8. The number of carbonyl (C=O) groups is 1. The molecule has 1 unspecified atom stereocenters. The molecule has 124 valence electrons. The number of H-pyrrole nitrogens is 1. The molecular weight excluding hydrogens is 288 g/mol. The lowest BCUT2D eigenvalue weighted by Crippen LogP contribution is -2.48. The molecule has 4 heteroatoms. The zero-order valence-corrected chi connectivity index (χ0v) is 14.2. The number of carbonyl (C=O) groups excluding carboxylic acids is 1. The second-order valence-corrected chi connectivity index (χ2v) is 7.21. The maximum atomic E-state index is 12.6. The van der Waals surface area contributed by atoms with Gasteiger partial charge in [-0.3, -0.25) is 4.79 Å². The summed E-state index contributed by atoms with van der Waals surface area (Å²) < 4.78 is 0. The van der Waals surface area contributed by atoms with Gasteiger partial charge in [0, 0.05) is 30.1 Å². The zero-order chi connectivity index (χ0) is 16.6. The zero-order valence-electron chi connectivity index (χ0n) is 14.2. The largest absolute Gasteiger partial charge is 0.388 e. The Hall–Kier alpha value is -1.81. The van der Waals surface area contributed by atoms with Gasteiger partial charge in [0.1, 0.15) is 0 Å². The number of aliphatic hydroxyl groups is 1. The third kappa shape index (κ3) is 3.13. The van der Waals surface area contributed by atoms with Crippen LogP contribution in [0, 0.1) is 6.92 Å². The molecule has 1 aromatic heterocycles. The van der Waals surface area contributed by atoms with Crippen LogP contribution >= 0.6 is 0 Å². The van der Waals surface area contributed by atoms with E-state index in [0.717, 1.165) is 31.3 Å². The Morgan fingerprint density at radius 2 is 2.22 bits per heavy atom. The topological polar surface area (TPSA) is 56.3 Å². The van der Waals surface area contributed by atoms with Crippen molar-refractivity contribution in [2.45, 2.75) is 58.1 Å². The minimum atomic E-state index is -0.829. The molecule has 1 aromatic carbocycles. The number of rotatable bonds is 4. The summed E-state index contributed by atoms with van der Waals surface area (Å²) in [6.07, 6.45) is 5.11. The van der Waals surface area contributed by atoms with Crippen LogP contribution in [-0.2, 0) is 11.2 Å². The second kappa shape index (κ2) is 6.00. The van der Waals surface area contributed by atoms with Gasteiger partial charge >= 0.3 is 0 Å². The highest BCUT2D eigenvalue weighted by molar-refractivity contribution is 5.86. The van der Waals surface area contributed by atoms with Crippen molar-refractivity contribution >= 4 is 16.8 Å². The molecule has 3 rings (SSSR count). The summed E-state index contributed by atoms with van der Waals surface area (Å²) >= 11 is 0. The fourth-order valence-electron chi connectivity index (χ4n) is 3.76. The van der Waals surface area contributed by atoms with Crippen molar-refractivity contribution in [3.05, 3.63) is 35.5 Å². The lowest BCUT2D eigenvalue weighted by molar-refractivity contribution is -0.136. The van der Waals surface area contributed by atoms with E-state index in [1.807, 2.05) is 11.1 Å². The summed E-state index contributed by atoms with van der Waals surface area (Å²) in [6.45, 7) is 6.45.